The Balaban J connectivity index is 2.47. The van der Waals surface area contributed by atoms with Crippen molar-refractivity contribution in [3.05, 3.63) is 33.8 Å². The molecule has 0 fully saturated rings. The highest BCUT2D eigenvalue weighted by Gasteiger charge is 2.12. The van der Waals surface area contributed by atoms with Crippen molar-refractivity contribution < 1.29 is 0 Å². The normalized spacial score (nSPS) is 13.2. The van der Waals surface area contributed by atoms with Gasteiger partial charge in [0.05, 0.1) is 0 Å². The second kappa shape index (κ2) is 8.89. The van der Waals surface area contributed by atoms with Crippen molar-refractivity contribution in [2.75, 3.05) is 20.1 Å². The lowest BCUT2D eigenvalue weighted by Crippen LogP contribution is -2.30. The minimum Gasteiger partial charge on any atom is -0.310 e. The summed E-state index contributed by atoms with van der Waals surface area (Å²) < 4.78 is 0. The van der Waals surface area contributed by atoms with E-state index in [1.54, 1.807) is 0 Å². The third-order valence-corrected chi connectivity index (χ3v) is 4.27. The van der Waals surface area contributed by atoms with Gasteiger partial charge in [0.25, 0.3) is 0 Å². The molecule has 114 valence electrons. The first kappa shape index (κ1) is 17.8. The summed E-state index contributed by atoms with van der Waals surface area (Å²) in [6.07, 6.45) is 2.15. The molecule has 1 aromatic carbocycles. The maximum absolute atomic E-state index is 6.28. The Bertz CT molecular complexity index is 407. The van der Waals surface area contributed by atoms with Crippen molar-refractivity contribution >= 4 is 23.2 Å². The summed E-state index contributed by atoms with van der Waals surface area (Å²) in [5.41, 5.74) is 1.13. The summed E-state index contributed by atoms with van der Waals surface area (Å²) in [7, 11) is 2.16. The zero-order chi connectivity index (χ0) is 15.1. The van der Waals surface area contributed by atoms with E-state index < -0.39 is 0 Å². The second-order valence-corrected chi connectivity index (χ2v) is 6.35. The highest BCUT2D eigenvalue weighted by atomic mass is 35.5. The molecule has 20 heavy (non-hydrogen) atoms. The van der Waals surface area contributed by atoms with E-state index in [2.05, 4.69) is 38.0 Å². The van der Waals surface area contributed by atoms with Gasteiger partial charge in [-0.15, -0.1) is 0 Å². The molecule has 1 atom stereocenters. The van der Waals surface area contributed by atoms with Gasteiger partial charge in [0.2, 0.25) is 0 Å². The van der Waals surface area contributed by atoms with Crippen LogP contribution >= 0.6 is 23.2 Å². The van der Waals surface area contributed by atoms with E-state index in [0.717, 1.165) is 36.5 Å². The topological polar surface area (TPSA) is 15.3 Å². The fourth-order valence-electron chi connectivity index (χ4n) is 2.12. The van der Waals surface area contributed by atoms with Crippen LogP contribution in [0.5, 0.6) is 0 Å². The lowest BCUT2D eigenvalue weighted by Gasteiger charge is -2.23. The Kier molecular flexibility index (Phi) is 7.90. The van der Waals surface area contributed by atoms with Gasteiger partial charge in [-0.25, -0.2) is 0 Å². The molecule has 0 amide bonds. The molecule has 0 aromatic heterocycles. The molecule has 0 radical (unpaired) electrons. The lowest BCUT2D eigenvalue weighted by molar-refractivity contribution is 0.267. The van der Waals surface area contributed by atoms with Crippen LogP contribution < -0.4 is 5.32 Å². The minimum atomic E-state index is 0.295. The highest BCUT2D eigenvalue weighted by molar-refractivity contribution is 6.35. The number of rotatable bonds is 8. The second-order valence-electron chi connectivity index (χ2n) is 5.51. The maximum atomic E-state index is 6.28. The first-order valence-electron chi connectivity index (χ1n) is 7.34. The van der Waals surface area contributed by atoms with Gasteiger partial charge in [0.15, 0.2) is 0 Å². The van der Waals surface area contributed by atoms with Crippen molar-refractivity contribution in [2.45, 2.75) is 45.7 Å². The molecule has 0 bridgehead atoms. The monoisotopic (exact) mass is 316 g/mol. The molecule has 0 saturated carbocycles. The number of hydrogen-bond acceptors (Lipinski definition) is 2. The molecule has 1 aromatic rings. The molecule has 4 heteroatoms. The van der Waals surface area contributed by atoms with Crippen LogP contribution in [0.2, 0.25) is 10.0 Å². The van der Waals surface area contributed by atoms with Crippen molar-refractivity contribution in [1.29, 1.82) is 0 Å². The molecule has 1 unspecified atom stereocenters. The van der Waals surface area contributed by atoms with Crippen molar-refractivity contribution in [3.63, 3.8) is 0 Å². The summed E-state index contributed by atoms with van der Waals surface area (Å²) >= 11 is 12.2. The van der Waals surface area contributed by atoms with E-state index in [0.29, 0.717) is 17.1 Å². The first-order valence-corrected chi connectivity index (χ1v) is 8.09. The summed E-state index contributed by atoms with van der Waals surface area (Å²) in [5, 5.41) is 5.02. The lowest BCUT2D eigenvalue weighted by atomic mass is 10.0. The molecule has 1 rings (SSSR count). The van der Waals surface area contributed by atoms with Gasteiger partial charge in [-0.05, 0) is 64.5 Å². The molecule has 0 heterocycles. The van der Waals surface area contributed by atoms with Crippen LogP contribution in [-0.2, 0) is 0 Å². The van der Waals surface area contributed by atoms with Crippen molar-refractivity contribution in [2.24, 2.45) is 0 Å². The fourth-order valence-corrected chi connectivity index (χ4v) is 2.66. The minimum absolute atomic E-state index is 0.295. The van der Waals surface area contributed by atoms with Crippen LogP contribution in [0, 0.1) is 0 Å². The molecule has 0 aliphatic carbocycles. The number of halogens is 2. The Labute approximate surface area is 133 Å². The predicted molar refractivity (Wildman–Crippen MR) is 89.9 cm³/mol. The van der Waals surface area contributed by atoms with Gasteiger partial charge >= 0.3 is 0 Å². The molecule has 0 aliphatic rings. The van der Waals surface area contributed by atoms with Crippen LogP contribution in [0.15, 0.2) is 18.2 Å². The molecule has 0 spiro atoms. The Morgan fingerprint density at radius 2 is 1.95 bits per heavy atom. The van der Waals surface area contributed by atoms with Crippen molar-refractivity contribution in [1.82, 2.24) is 10.2 Å². The van der Waals surface area contributed by atoms with Crippen LogP contribution in [0.4, 0.5) is 0 Å². The van der Waals surface area contributed by atoms with E-state index in [4.69, 9.17) is 23.2 Å². The van der Waals surface area contributed by atoms with Gasteiger partial charge < -0.3 is 10.2 Å². The standard InChI is InChI=1S/C16H26Cl2N2/c1-5-16(14-8-7-13(17)11-15(14)18)19-9-6-10-20(4)12(2)3/h7-8,11-12,16,19H,5-6,9-10H2,1-4H3. The molecular weight excluding hydrogens is 291 g/mol. The largest absolute Gasteiger partial charge is 0.310 e. The summed E-state index contributed by atoms with van der Waals surface area (Å²) in [5.74, 6) is 0. The van der Waals surface area contributed by atoms with Crippen LogP contribution in [0.25, 0.3) is 0 Å². The van der Waals surface area contributed by atoms with Crippen LogP contribution in [-0.4, -0.2) is 31.1 Å². The van der Waals surface area contributed by atoms with Gasteiger partial charge in [0, 0.05) is 22.1 Å². The van der Waals surface area contributed by atoms with Gasteiger partial charge in [-0.2, -0.15) is 0 Å². The third-order valence-electron chi connectivity index (χ3n) is 3.71. The number of nitrogens with zero attached hydrogens (tertiary/aromatic N) is 1. The van der Waals surface area contributed by atoms with E-state index in [1.807, 2.05) is 18.2 Å². The summed E-state index contributed by atoms with van der Waals surface area (Å²) in [4.78, 5) is 2.36. The predicted octanol–water partition coefficient (Wildman–Crippen LogP) is 4.76. The number of nitrogens with one attached hydrogen (secondary N) is 1. The maximum Gasteiger partial charge on any atom is 0.0468 e. The summed E-state index contributed by atoms with van der Waals surface area (Å²) in [6, 6.07) is 6.63. The summed E-state index contributed by atoms with van der Waals surface area (Å²) in [6.45, 7) is 8.71. The number of benzene rings is 1. The van der Waals surface area contributed by atoms with E-state index in [9.17, 15) is 0 Å². The fraction of sp³-hybridized carbons (Fsp3) is 0.625. The quantitative estimate of drug-likeness (QED) is 0.695. The van der Waals surface area contributed by atoms with Gasteiger partial charge in [-0.1, -0.05) is 36.2 Å². The Morgan fingerprint density at radius 1 is 1.25 bits per heavy atom. The van der Waals surface area contributed by atoms with E-state index in [-0.39, 0.29) is 0 Å². The molecule has 1 N–H and O–H groups in total. The average molecular weight is 317 g/mol. The molecule has 2 nitrogen and oxygen atoms in total. The SMILES string of the molecule is CCC(NCCCN(C)C(C)C)c1ccc(Cl)cc1Cl. The Hall–Kier alpha value is -0.280. The smallest absolute Gasteiger partial charge is 0.0468 e. The molecule has 0 saturated heterocycles. The van der Waals surface area contributed by atoms with Crippen molar-refractivity contribution in [3.8, 4) is 0 Å². The van der Waals surface area contributed by atoms with Gasteiger partial charge in [0.1, 0.15) is 0 Å². The van der Waals surface area contributed by atoms with Gasteiger partial charge in [-0.3, -0.25) is 0 Å². The van der Waals surface area contributed by atoms with Crippen LogP contribution in [0.3, 0.4) is 0 Å². The van der Waals surface area contributed by atoms with E-state index >= 15 is 0 Å². The molecule has 0 aliphatic heterocycles. The zero-order valence-corrected chi connectivity index (χ0v) is 14.4. The van der Waals surface area contributed by atoms with Crippen LogP contribution in [0.1, 0.15) is 45.2 Å². The first-order chi connectivity index (χ1) is 9.45. The average Bonchev–Trinajstić information content (AvgIpc) is 2.39. The third kappa shape index (κ3) is 5.61. The zero-order valence-electron chi connectivity index (χ0n) is 12.9. The number of hydrogen-bond donors (Lipinski definition) is 1. The Morgan fingerprint density at radius 3 is 2.50 bits per heavy atom. The highest BCUT2D eigenvalue weighted by Crippen LogP contribution is 2.27. The van der Waals surface area contributed by atoms with E-state index in [1.165, 1.54) is 0 Å². The molecular formula is C16H26Cl2N2.